The van der Waals surface area contributed by atoms with Crippen LogP contribution in [0.3, 0.4) is 0 Å². The van der Waals surface area contributed by atoms with Gasteiger partial charge in [0.1, 0.15) is 0 Å². The normalized spacial score (nSPS) is 15.2. The highest BCUT2D eigenvalue weighted by molar-refractivity contribution is 14.1. The molecule has 1 aliphatic heterocycles. The summed E-state index contributed by atoms with van der Waals surface area (Å²) < 4.78 is 1.02. The van der Waals surface area contributed by atoms with Crippen LogP contribution in [-0.4, -0.2) is 44.0 Å². The molecule has 132 valence electrons. The monoisotopic (exact) mass is 449 g/mol. The Bertz CT molecular complexity index is 754. The number of nitrogens with zero attached hydrogens (tertiary/aromatic N) is 2. The minimum atomic E-state index is -0.0127. The fourth-order valence-electron chi connectivity index (χ4n) is 3.11. The van der Waals surface area contributed by atoms with Crippen LogP contribution in [0.15, 0.2) is 42.5 Å². The van der Waals surface area contributed by atoms with E-state index in [1.165, 1.54) is 11.3 Å². The number of amides is 1. The van der Waals surface area contributed by atoms with Gasteiger partial charge < -0.3 is 15.1 Å². The molecule has 1 saturated heterocycles. The Labute approximate surface area is 163 Å². The molecule has 1 fully saturated rings. The lowest BCUT2D eigenvalue weighted by Gasteiger charge is -2.35. The Hall–Kier alpha value is -1.60. The van der Waals surface area contributed by atoms with Gasteiger partial charge in [0.05, 0.1) is 5.56 Å². The highest BCUT2D eigenvalue weighted by Gasteiger charge is 2.17. The van der Waals surface area contributed by atoms with Gasteiger partial charge >= 0.3 is 0 Å². The first-order chi connectivity index (χ1) is 12.1. The van der Waals surface area contributed by atoms with Gasteiger partial charge in [0.15, 0.2) is 0 Å². The summed E-state index contributed by atoms with van der Waals surface area (Å²) in [5.41, 5.74) is 4.28. The Balaban J connectivity index is 1.71. The van der Waals surface area contributed by atoms with Crippen molar-refractivity contribution in [1.29, 1.82) is 0 Å². The topological polar surface area (TPSA) is 35.6 Å². The molecule has 1 heterocycles. The summed E-state index contributed by atoms with van der Waals surface area (Å²) in [5, 5.41) is 3.09. The molecular formula is C20H24IN3O. The van der Waals surface area contributed by atoms with Gasteiger partial charge in [-0.25, -0.2) is 0 Å². The lowest BCUT2D eigenvalue weighted by atomic mass is 10.1. The number of piperazine rings is 1. The third-order valence-electron chi connectivity index (χ3n) is 4.71. The van der Waals surface area contributed by atoms with Gasteiger partial charge in [0, 0.05) is 42.0 Å². The van der Waals surface area contributed by atoms with Gasteiger partial charge in [-0.15, -0.1) is 0 Å². The highest BCUT2D eigenvalue weighted by atomic mass is 127. The van der Waals surface area contributed by atoms with Gasteiger partial charge in [-0.3, -0.25) is 4.79 Å². The minimum Gasteiger partial charge on any atom is -0.369 e. The van der Waals surface area contributed by atoms with E-state index in [1.807, 2.05) is 31.2 Å². The second-order valence-electron chi connectivity index (χ2n) is 6.54. The lowest BCUT2D eigenvalue weighted by Crippen LogP contribution is -2.45. The number of carbonyl (C=O) groups is 1. The van der Waals surface area contributed by atoms with E-state index in [0.29, 0.717) is 6.54 Å². The molecule has 1 amide bonds. The van der Waals surface area contributed by atoms with Crippen molar-refractivity contribution in [1.82, 2.24) is 10.2 Å². The van der Waals surface area contributed by atoms with Crippen molar-refractivity contribution in [3.8, 4) is 0 Å². The number of benzene rings is 2. The van der Waals surface area contributed by atoms with Crippen LogP contribution in [0.4, 0.5) is 5.69 Å². The average Bonchev–Trinajstić information content (AvgIpc) is 2.63. The van der Waals surface area contributed by atoms with Crippen LogP contribution in [0, 0.1) is 10.5 Å². The zero-order valence-electron chi connectivity index (χ0n) is 14.8. The number of carbonyl (C=O) groups excluding carboxylic acids is 1. The van der Waals surface area contributed by atoms with E-state index in [1.54, 1.807) is 0 Å². The van der Waals surface area contributed by atoms with Gasteiger partial charge in [-0.2, -0.15) is 0 Å². The molecule has 25 heavy (non-hydrogen) atoms. The first kappa shape index (κ1) is 18.2. The van der Waals surface area contributed by atoms with Crippen LogP contribution in [-0.2, 0) is 6.54 Å². The summed E-state index contributed by atoms with van der Waals surface area (Å²) >= 11 is 2.24. The van der Waals surface area contributed by atoms with Crippen LogP contribution in [0.5, 0.6) is 0 Å². The smallest absolute Gasteiger partial charge is 0.252 e. The fraction of sp³-hybridized carbons (Fsp3) is 0.350. The first-order valence-corrected chi connectivity index (χ1v) is 9.69. The van der Waals surface area contributed by atoms with Gasteiger partial charge in [-0.05, 0) is 59.8 Å². The van der Waals surface area contributed by atoms with Crippen molar-refractivity contribution >= 4 is 34.2 Å². The summed E-state index contributed by atoms with van der Waals surface area (Å²) in [6.45, 7) is 6.77. The zero-order valence-corrected chi connectivity index (χ0v) is 16.9. The number of hydrogen-bond donors (Lipinski definition) is 1. The maximum absolute atomic E-state index is 12.6. The minimum absolute atomic E-state index is 0.0127. The largest absolute Gasteiger partial charge is 0.369 e. The van der Waals surface area contributed by atoms with E-state index in [9.17, 15) is 4.79 Å². The predicted molar refractivity (Wildman–Crippen MR) is 111 cm³/mol. The van der Waals surface area contributed by atoms with E-state index in [0.717, 1.165) is 40.9 Å². The third kappa shape index (κ3) is 4.33. The van der Waals surface area contributed by atoms with Crippen LogP contribution < -0.4 is 10.2 Å². The van der Waals surface area contributed by atoms with Gasteiger partial charge in [-0.1, -0.05) is 30.3 Å². The molecule has 1 N–H and O–H groups in total. The van der Waals surface area contributed by atoms with Crippen LogP contribution in [0.1, 0.15) is 21.5 Å². The van der Waals surface area contributed by atoms with E-state index >= 15 is 0 Å². The number of aryl methyl sites for hydroxylation is 1. The molecule has 0 saturated carbocycles. The van der Waals surface area contributed by atoms with Crippen molar-refractivity contribution in [3.05, 3.63) is 62.7 Å². The van der Waals surface area contributed by atoms with Crippen molar-refractivity contribution in [2.24, 2.45) is 0 Å². The molecule has 0 bridgehead atoms. The number of hydrogen-bond acceptors (Lipinski definition) is 3. The van der Waals surface area contributed by atoms with E-state index in [4.69, 9.17) is 0 Å². The second kappa shape index (κ2) is 8.19. The molecule has 1 aliphatic rings. The third-order valence-corrected chi connectivity index (χ3v) is 6.14. The summed E-state index contributed by atoms with van der Waals surface area (Å²) in [7, 11) is 2.16. The number of nitrogens with one attached hydrogen (secondary N) is 1. The lowest BCUT2D eigenvalue weighted by molar-refractivity contribution is 0.0950. The summed E-state index contributed by atoms with van der Waals surface area (Å²) in [6.07, 6.45) is 0. The first-order valence-electron chi connectivity index (χ1n) is 8.61. The van der Waals surface area contributed by atoms with Crippen molar-refractivity contribution < 1.29 is 4.79 Å². The molecule has 0 radical (unpaired) electrons. The maximum atomic E-state index is 12.6. The molecule has 0 aromatic heterocycles. The quantitative estimate of drug-likeness (QED) is 0.728. The van der Waals surface area contributed by atoms with Crippen molar-refractivity contribution in [2.75, 3.05) is 38.1 Å². The molecule has 4 nitrogen and oxygen atoms in total. The van der Waals surface area contributed by atoms with Gasteiger partial charge in [0.2, 0.25) is 0 Å². The number of likely N-dealkylation sites (N-methyl/N-ethyl adjacent to an activating group) is 1. The predicted octanol–water partition coefficient (Wildman–Crippen LogP) is 3.28. The maximum Gasteiger partial charge on any atom is 0.252 e. The summed E-state index contributed by atoms with van der Waals surface area (Å²) in [4.78, 5) is 17.3. The molecule has 3 rings (SSSR count). The summed E-state index contributed by atoms with van der Waals surface area (Å²) in [5.74, 6) is -0.0127. The van der Waals surface area contributed by atoms with Crippen LogP contribution in [0.2, 0.25) is 0 Å². The molecule has 0 spiro atoms. The molecule has 0 atom stereocenters. The molecule has 2 aromatic carbocycles. The zero-order chi connectivity index (χ0) is 17.8. The Morgan fingerprint density at radius 3 is 2.56 bits per heavy atom. The second-order valence-corrected chi connectivity index (χ2v) is 7.62. The highest BCUT2D eigenvalue weighted by Crippen LogP contribution is 2.22. The molecule has 2 aromatic rings. The molecule has 0 aliphatic carbocycles. The Kier molecular flexibility index (Phi) is 5.96. The number of halogens is 1. The van der Waals surface area contributed by atoms with Crippen molar-refractivity contribution in [2.45, 2.75) is 13.5 Å². The van der Waals surface area contributed by atoms with E-state index in [2.05, 4.69) is 63.0 Å². The van der Waals surface area contributed by atoms with E-state index < -0.39 is 0 Å². The molecule has 0 unspecified atom stereocenters. The SMILES string of the molecule is Cc1cccc(C(=O)NCc2ccccc2N2CCN(C)CC2)c1I. The standard InChI is InChI=1S/C20H24IN3O/c1-15-6-5-8-17(19(15)21)20(25)22-14-16-7-3-4-9-18(16)24-12-10-23(2)11-13-24/h3-9H,10-14H2,1-2H3,(H,22,25). The van der Waals surface area contributed by atoms with E-state index in [-0.39, 0.29) is 5.91 Å². The molecular weight excluding hydrogens is 425 g/mol. The molecule has 5 heteroatoms. The van der Waals surface area contributed by atoms with Crippen LogP contribution >= 0.6 is 22.6 Å². The summed E-state index contributed by atoms with van der Waals surface area (Å²) in [6, 6.07) is 14.2. The van der Waals surface area contributed by atoms with Gasteiger partial charge in [0.25, 0.3) is 5.91 Å². The average molecular weight is 449 g/mol. The van der Waals surface area contributed by atoms with Crippen LogP contribution in [0.25, 0.3) is 0 Å². The fourth-order valence-corrected chi connectivity index (χ4v) is 3.71. The number of para-hydroxylation sites is 1. The number of anilines is 1. The Morgan fingerprint density at radius 1 is 1.08 bits per heavy atom. The van der Waals surface area contributed by atoms with Crippen molar-refractivity contribution in [3.63, 3.8) is 0 Å². The number of rotatable bonds is 4. The Morgan fingerprint density at radius 2 is 1.80 bits per heavy atom.